The number of unbranched alkanes of at least 4 members (excludes halogenated alkanes) is 1. The third-order valence-corrected chi connectivity index (χ3v) is 8.18. The number of fused-ring (bicyclic) bond motifs is 4. The zero-order valence-electron chi connectivity index (χ0n) is 22.2. The van der Waals surface area contributed by atoms with Gasteiger partial charge in [-0.15, -0.1) is 0 Å². The molecule has 0 fully saturated rings. The van der Waals surface area contributed by atoms with Crippen LogP contribution in [0.5, 0.6) is 17.2 Å². The zero-order valence-corrected chi connectivity index (χ0v) is 23.1. The van der Waals surface area contributed by atoms with Crippen LogP contribution in [-0.2, 0) is 19.4 Å². The van der Waals surface area contributed by atoms with Crippen molar-refractivity contribution in [2.75, 3.05) is 49.0 Å². The van der Waals surface area contributed by atoms with Crippen molar-refractivity contribution in [1.82, 2.24) is 14.2 Å². The average molecular weight is 488 g/mol. The largest absolute Gasteiger partial charge is 0.497 e. The molecule has 2 aromatic rings. The first-order valence-electron chi connectivity index (χ1n) is 12.3. The summed E-state index contributed by atoms with van der Waals surface area (Å²) in [5.74, 6) is 2.58. The van der Waals surface area contributed by atoms with Gasteiger partial charge in [-0.25, -0.2) is 9.34 Å². The summed E-state index contributed by atoms with van der Waals surface area (Å²) >= 11 is 0. The third-order valence-electron chi connectivity index (χ3n) is 6.46. The van der Waals surface area contributed by atoms with Crippen LogP contribution in [0.2, 0.25) is 0 Å². The van der Waals surface area contributed by atoms with Gasteiger partial charge >= 0.3 is 0 Å². The lowest BCUT2D eigenvalue weighted by molar-refractivity contribution is 0.160. The molecule has 0 aromatic heterocycles. The second-order valence-corrected chi connectivity index (χ2v) is 11.6. The van der Waals surface area contributed by atoms with E-state index in [1.807, 2.05) is 28.2 Å². The van der Waals surface area contributed by atoms with Crippen LogP contribution in [0.15, 0.2) is 30.3 Å². The first-order chi connectivity index (χ1) is 16.3. The number of hydrogen-bond donors (Lipinski definition) is 0. The van der Waals surface area contributed by atoms with Gasteiger partial charge in [-0.3, -0.25) is 4.90 Å². The predicted molar refractivity (Wildman–Crippen MR) is 142 cm³/mol. The second kappa shape index (κ2) is 12.2. The molecule has 1 atom stereocenters. The Labute approximate surface area is 207 Å². The molecule has 0 saturated heterocycles. The van der Waals surface area contributed by atoms with E-state index < -0.39 is 8.45 Å². The van der Waals surface area contributed by atoms with E-state index in [4.69, 9.17) is 14.0 Å². The fourth-order valence-electron chi connectivity index (χ4n) is 4.54. The van der Waals surface area contributed by atoms with Crippen molar-refractivity contribution in [2.24, 2.45) is 0 Å². The van der Waals surface area contributed by atoms with E-state index in [2.05, 4.69) is 58.4 Å². The minimum absolute atomic E-state index is 0.401. The van der Waals surface area contributed by atoms with E-state index >= 15 is 0 Å². The summed E-state index contributed by atoms with van der Waals surface area (Å²) in [6.07, 6.45) is 4.68. The molecule has 7 heteroatoms. The standard InChI is InChI=1S/C23H32N3O3P.C4H10/c1-24(2)30(25(3)4)29-23-13-17-12-21-20-8-7-19(27-5)11-16(20)9-10-26(21)15-18(17)14-22(23)28-6;1-3-4-2/h7-8,11,13-14,21H,9-10,12,15H2,1-6H3;3-4H2,1-2H3. The molecule has 0 N–H and O–H groups in total. The fourth-order valence-corrected chi connectivity index (χ4v) is 5.90. The highest BCUT2D eigenvalue weighted by molar-refractivity contribution is 7.47. The van der Waals surface area contributed by atoms with Gasteiger partial charge in [-0.05, 0) is 87.6 Å². The van der Waals surface area contributed by atoms with Crippen molar-refractivity contribution < 1.29 is 14.0 Å². The molecule has 6 nitrogen and oxygen atoms in total. The number of hydrogen-bond acceptors (Lipinski definition) is 6. The number of rotatable bonds is 7. The van der Waals surface area contributed by atoms with E-state index in [1.165, 1.54) is 35.1 Å². The van der Waals surface area contributed by atoms with Gasteiger partial charge in [0.25, 0.3) is 0 Å². The molecule has 4 rings (SSSR count). The maximum absolute atomic E-state index is 6.42. The molecular formula is C27H42N3O3P. The summed E-state index contributed by atoms with van der Waals surface area (Å²) in [4.78, 5) is 2.59. The van der Waals surface area contributed by atoms with E-state index in [0.717, 1.165) is 43.2 Å². The van der Waals surface area contributed by atoms with Crippen LogP contribution >= 0.6 is 8.45 Å². The first-order valence-corrected chi connectivity index (χ1v) is 13.4. The van der Waals surface area contributed by atoms with Crippen molar-refractivity contribution in [3.8, 4) is 17.2 Å². The minimum Gasteiger partial charge on any atom is -0.497 e. The molecule has 2 aliphatic heterocycles. The molecule has 2 heterocycles. The van der Waals surface area contributed by atoms with E-state index in [0.29, 0.717) is 6.04 Å². The molecule has 1 unspecified atom stereocenters. The Bertz CT molecular complexity index is 941. The van der Waals surface area contributed by atoms with Crippen LogP contribution in [0, 0.1) is 0 Å². The average Bonchev–Trinajstić information content (AvgIpc) is 2.84. The Morgan fingerprint density at radius 1 is 0.882 bits per heavy atom. The molecule has 2 aliphatic rings. The number of methoxy groups -OCH3 is 2. The molecule has 0 radical (unpaired) electrons. The van der Waals surface area contributed by atoms with Gasteiger partial charge in [0.15, 0.2) is 11.5 Å². The Morgan fingerprint density at radius 3 is 2.15 bits per heavy atom. The molecule has 0 bridgehead atoms. The smallest absolute Gasteiger partial charge is 0.247 e. The van der Waals surface area contributed by atoms with Crippen molar-refractivity contribution in [3.63, 3.8) is 0 Å². The molecule has 188 valence electrons. The third kappa shape index (κ3) is 6.04. The summed E-state index contributed by atoms with van der Waals surface area (Å²) < 4.78 is 21.8. The Hall–Kier alpha value is -1.85. The summed E-state index contributed by atoms with van der Waals surface area (Å²) in [6, 6.07) is 11.3. The molecular weight excluding hydrogens is 445 g/mol. The molecule has 0 amide bonds. The predicted octanol–water partition coefficient (Wildman–Crippen LogP) is 5.89. The maximum Gasteiger partial charge on any atom is 0.247 e. The van der Waals surface area contributed by atoms with E-state index in [-0.39, 0.29) is 0 Å². The number of benzene rings is 2. The monoisotopic (exact) mass is 487 g/mol. The lowest BCUT2D eigenvalue weighted by atomic mass is 9.84. The number of ether oxygens (including phenoxy) is 2. The SMILES string of the molecule is CCCC.COc1ccc2c(c1)CCN1Cc3cc(OC)c(OP(N(C)C)N(C)C)cc3CC21. The van der Waals surface area contributed by atoms with Crippen LogP contribution < -0.4 is 14.0 Å². The van der Waals surface area contributed by atoms with Gasteiger partial charge in [0.1, 0.15) is 5.75 Å². The topological polar surface area (TPSA) is 37.4 Å². The molecule has 0 aliphatic carbocycles. The van der Waals surface area contributed by atoms with Crippen LogP contribution in [0.1, 0.15) is 55.0 Å². The van der Waals surface area contributed by atoms with E-state index in [9.17, 15) is 0 Å². The Balaban J connectivity index is 0.000000751. The Kier molecular flexibility index (Phi) is 9.61. The van der Waals surface area contributed by atoms with Gasteiger partial charge in [0.2, 0.25) is 8.45 Å². The fraction of sp³-hybridized carbons (Fsp3) is 0.556. The zero-order chi connectivity index (χ0) is 24.8. The quantitative estimate of drug-likeness (QED) is 0.453. The summed E-state index contributed by atoms with van der Waals surface area (Å²) in [6.45, 7) is 6.37. The highest BCUT2D eigenvalue weighted by Gasteiger charge is 2.33. The van der Waals surface area contributed by atoms with Crippen molar-refractivity contribution in [2.45, 2.75) is 52.1 Å². The first kappa shape index (κ1) is 26.7. The summed E-state index contributed by atoms with van der Waals surface area (Å²) in [5.41, 5.74) is 5.53. The normalized spacial score (nSPS) is 17.0. The minimum atomic E-state index is -0.891. The number of nitrogens with zero attached hydrogens (tertiary/aromatic N) is 3. The Morgan fingerprint density at radius 2 is 1.56 bits per heavy atom. The van der Waals surface area contributed by atoms with Crippen LogP contribution in [0.4, 0.5) is 0 Å². The highest BCUT2D eigenvalue weighted by atomic mass is 31.2. The van der Waals surface area contributed by atoms with E-state index in [1.54, 1.807) is 14.2 Å². The molecule has 34 heavy (non-hydrogen) atoms. The van der Waals surface area contributed by atoms with Crippen molar-refractivity contribution in [3.05, 3.63) is 52.6 Å². The van der Waals surface area contributed by atoms with Crippen LogP contribution in [0.3, 0.4) is 0 Å². The molecule has 0 spiro atoms. The van der Waals surface area contributed by atoms with Gasteiger partial charge in [-0.1, -0.05) is 32.8 Å². The van der Waals surface area contributed by atoms with Crippen LogP contribution in [-0.4, -0.2) is 63.2 Å². The van der Waals surface area contributed by atoms with Gasteiger partial charge in [-0.2, -0.15) is 0 Å². The maximum atomic E-state index is 6.42. The van der Waals surface area contributed by atoms with Gasteiger partial charge in [0.05, 0.1) is 14.2 Å². The van der Waals surface area contributed by atoms with Crippen molar-refractivity contribution in [1.29, 1.82) is 0 Å². The highest BCUT2D eigenvalue weighted by Crippen LogP contribution is 2.47. The molecule has 2 aromatic carbocycles. The lowest BCUT2D eigenvalue weighted by Crippen LogP contribution is -2.39. The van der Waals surface area contributed by atoms with Crippen molar-refractivity contribution >= 4 is 8.45 Å². The van der Waals surface area contributed by atoms with Crippen LogP contribution in [0.25, 0.3) is 0 Å². The van der Waals surface area contributed by atoms with Gasteiger partial charge in [0, 0.05) is 19.1 Å². The molecule has 0 saturated carbocycles. The second-order valence-electron chi connectivity index (χ2n) is 9.32. The summed E-state index contributed by atoms with van der Waals surface area (Å²) in [7, 11) is 10.7. The summed E-state index contributed by atoms with van der Waals surface area (Å²) in [5, 5.41) is 0. The van der Waals surface area contributed by atoms with Gasteiger partial charge < -0.3 is 14.0 Å². The lowest BCUT2D eigenvalue weighted by Gasteiger charge is -2.41.